The highest BCUT2D eigenvalue weighted by Crippen LogP contribution is 2.23. The van der Waals surface area contributed by atoms with Gasteiger partial charge >= 0.3 is 0 Å². The fraction of sp³-hybridized carbons (Fsp3) is 0.800. The quantitative estimate of drug-likeness (QED) is 0.695. The van der Waals surface area contributed by atoms with Crippen molar-refractivity contribution in [3.63, 3.8) is 0 Å². The maximum Gasteiger partial charge on any atom is 0.109 e. The summed E-state index contributed by atoms with van der Waals surface area (Å²) in [7, 11) is 0. The van der Waals surface area contributed by atoms with E-state index >= 15 is 0 Å². The molecule has 0 bridgehead atoms. The number of hydrogen-bond acceptors (Lipinski definition) is 3. The van der Waals surface area contributed by atoms with Crippen LogP contribution in [0.5, 0.6) is 0 Å². The fourth-order valence-electron chi connectivity index (χ4n) is 1.88. The van der Waals surface area contributed by atoms with Gasteiger partial charge in [0.15, 0.2) is 0 Å². The lowest BCUT2D eigenvalue weighted by atomic mass is 9.97. The Labute approximate surface area is 78.9 Å². The zero-order valence-corrected chi connectivity index (χ0v) is 7.87. The number of hydrogen-bond donors (Lipinski definition) is 1. The summed E-state index contributed by atoms with van der Waals surface area (Å²) in [5, 5.41) is 0. The summed E-state index contributed by atoms with van der Waals surface area (Å²) < 4.78 is 10.8. The van der Waals surface area contributed by atoms with E-state index in [1.165, 1.54) is 0 Å². The molecule has 0 spiro atoms. The van der Waals surface area contributed by atoms with E-state index in [4.69, 9.17) is 15.2 Å². The molecule has 0 aromatic rings. The predicted octanol–water partition coefficient (Wildman–Crippen LogP) is 1.04. The van der Waals surface area contributed by atoms with Gasteiger partial charge in [0.05, 0.1) is 19.3 Å². The van der Waals surface area contributed by atoms with Crippen LogP contribution in [-0.2, 0) is 9.47 Å². The molecule has 2 heterocycles. The summed E-state index contributed by atoms with van der Waals surface area (Å²) in [6.45, 7) is 2.47. The molecule has 3 nitrogen and oxygen atoms in total. The van der Waals surface area contributed by atoms with Gasteiger partial charge in [-0.1, -0.05) is 0 Å². The monoisotopic (exact) mass is 183 g/mol. The molecule has 3 heteroatoms. The molecular weight excluding hydrogens is 166 g/mol. The van der Waals surface area contributed by atoms with Crippen molar-refractivity contribution < 1.29 is 9.47 Å². The first kappa shape index (κ1) is 9.03. The molecule has 2 rings (SSSR count). The van der Waals surface area contributed by atoms with Gasteiger partial charge in [0.1, 0.15) is 5.76 Å². The highest BCUT2D eigenvalue weighted by Gasteiger charge is 2.27. The summed E-state index contributed by atoms with van der Waals surface area (Å²) in [5.41, 5.74) is 6.08. The molecule has 0 aromatic heterocycles. The molecule has 2 atom stereocenters. The zero-order chi connectivity index (χ0) is 9.10. The first-order valence-corrected chi connectivity index (χ1v) is 5.04. The first-order chi connectivity index (χ1) is 6.38. The molecule has 1 fully saturated rings. The third-order valence-corrected chi connectivity index (χ3v) is 2.76. The van der Waals surface area contributed by atoms with Crippen LogP contribution in [0.4, 0.5) is 0 Å². The van der Waals surface area contributed by atoms with Gasteiger partial charge in [0.25, 0.3) is 0 Å². The minimum atomic E-state index is 0.0581. The van der Waals surface area contributed by atoms with E-state index in [1.54, 1.807) is 0 Å². The molecular formula is C10H17NO2. The zero-order valence-electron chi connectivity index (χ0n) is 7.87. The molecule has 2 N–H and O–H groups in total. The lowest BCUT2D eigenvalue weighted by Crippen LogP contribution is -2.34. The van der Waals surface area contributed by atoms with Gasteiger partial charge in [-0.2, -0.15) is 0 Å². The van der Waals surface area contributed by atoms with Crippen LogP contribution in [0, 0.1) is 5.92 Å². The van der Waals surface area contributed by atoms with Gasteiger partial charge < -0.3 is 15.2 Å². The van der Waals surface area contributed by atoms with Crippen molar-refractivity contribution >= 4 is 0 Å². The average Bonchev–Trinajstić information content (AvgIpc) is 2.71. The van der Waals surface area contributed by atoms with Crippen LogP contribution in [0.2, 0.25) is 0 Å². The van der Waals surface area contributed by atoms with Gasteiger partial charge in [0, 0.05) is 12.5 Å². The average molecular weight is 183 g/mol. The minimum absolute atomic E-state index is 0.0581. The largest absolute Gasteiger partial charge is 0.497 e. The SMILES string of the molecule is NC(C1=CCCCO1)C1CCOC1. The van der Waals surface area contributed by atoms with Gasteiger partial charge in [-0.3, -0.25) is 0 Å². The lowest BCUT2D eigenvalue weighted by molar-refractivity contribution is 0.147. The van der Waals surface area contributed by atoms with Crippen molar-refractivity contribution in [3.8, 4) is 0 Å². The number of nitrogens with two attached hydrogens (primary N) is 1. The van der Waals surface area contributed by atoms with Crippen molar-refractivity contribution in [1.82, 2.24) is 0 Å². The summed E-state index contributed by atoms with van der Waals surface area (Å²) in [6, 6.07) is 0.0581. The number of ether oxygens (including phenoxy) is 2. The third-order valence-electron chi connectivity index (χ3n) is 2.76. The van der Waals surface area contributed by atoms with Crippen LogP contribution in [-0.4, -0.2) is 25.9 Å². The Hall–Kier alpha value is -0.540. The third kappa shape index (κ3) is 2.03. The molecule has 0 radical (unpaired) electrons. The lowest BCUT2D eigenvalue weighted by Gasteiger charge is -2.24. The second-order valence-corrected chi connectivity index (χ2v) is 3.75. The van der Waals surface area contributed by atoms with Crippen molar-refractivity contribution in [2.24, 2.45) is 11.7 Å². The maximum atomic E-state index is 6.08. The van der Waals surface area contributed by atoms with Crippen LogP contribution in [0.1, 0.15) is 19.3 Å². The van der Waals surface area contributed by atoms with Crippen LogP contribution in [0.15, 0.2) is 11.8 Å². The Morgan fingerprint density at radius 1 is 1.46 bits per heavy atom. The summed E-state index contributed by atoms with van der Waals surface area (Å²) in [4.78, 5) is 0. The van der Waals surface area contributed by atoms with E-state index < -0.39 is 0 Å². The molecule has 0 amide bonds. The summed E-state index contributed by atoms with van der Waals surface area (Å²) in [6.07, 6.45) is 5.43. The predicted molar refractivity (Wildman–Crippen MR) is 50.2 cm³/mol. The standard InChI is InChI=1S/C10H17NO2/c11-10(8-4-6-12-7-8)9-3-1-2-5-13-9/h3,8,10H,1-2,4-7,11H2. The summed E-state index contributed by atoms with van der Waals surface area (Å²) >= 11 is 0. The molecule has 0 aromatic carbocycles. The Morgan fingerprint density at radius 3 is 3.00 bits per heavy atom. The van der Waals surface area contributed by atoms with Gasteiger partial charge in [-0.15, -0.1) is 0 Å². The first-order valence-electron chi connectivity index (χ1n) is 5.04. The van der Waals surface area contributed by atoms with Crippen molar-refractivity contribution in [3.05, 3.63) is 11.8 Å². The van der Waals surface area contributed by atoms with Crippen molar-refractivity contribution in [2.45, 2.75) is 25.3 Å². The molecule has 2 aliphatic heterocycles. The summed E-state index contributed by atoms with van der Waals surface area (Å²) in [5.74, 6) is 1.45. The molecule has 0 saturated carbocycles. The van der Waals surface area contributed by atoms with Crippen LogP contribution < -0.4 is 5.73 Å². The van der Waals surface area contributed by atoms with Gasteiger partial charge in [-0.05, 0) is 25.3 Å². The van der Waals surface area contributed by atoms with E-state index in [-0.39, 0.29) is 6.04 Å². The maximum absolute atomic E-state index is 6.08. The van der Waals surface area contributed by atoms with E-state index in [9.17, 15) is 0 Å². The Balaban J connectivity index is 1.94. The normalized spacial score (nSPS) is 30.8. The second kappa shape index (κ2) is 4.11. The second-order valence-electron chi connectivity index (χ2n) is 3.75. The molecule has 13 heavy (non-hydrogen) atoms. The molecule has 74 valence electrons. The van der Waals surface area contributed by atoms with Gasteiger partial charge in [0.2, 0.25) is 0 Å². The molecule has 0 aliphatic carbocycles. The molecule has 2 unspecified atom stereocenters. The Morgan fingerprint density at radius 2 is 2.38 bits per heavy atom. The van der Waals surface area contributed by atoms with Gasteiger partial charge in [-0.25, -0.2) is 0 Å². The topological polar surface area (TPSA) is 44.5 Å². The van der Waals surface area contributed by atoms with E-state index in [0.717, 1.165) is 44.8 Å². The van der Waals surface area contributed by atoms with Crippen LogP contribution in [0.25, 0.3) is 0 Å². The molecule has 1 saturated heterocycles. The van der Waals surface area contributed by atoms with Crippen LogP contribution in [0.3, 0.4) is 0 Å². The van der Waals surface area contributed by atoms with E-state index in [1.807, 2.05) is 0 Å². The fourth-order valence-corrected chi connectivity index (χ4v) is 1.88. The highest BCUT2D eigenvalue weighted by molar-refractivity contribution is 5.07. The van der Waals surface area contributed by atoms with Crippen molar-refractivity contribution in [1.29, 1.82) is 0 Å². The van der Waals surface area contributed by atoms with E-state index in [2.05, 4.69) is 6.08 Å². The highest BCUT2D eigenvalue weighted by atomic mass is 16.5. The van der Waals surface area contributed by atoms with E-state index in [0.29, 0.717) is 5.92 Å². The molecule has 2 aliphatic rings. The minimum Gasteiger partial charge on any atom is -0.497 e. The smallest absolute Gasteiger partial charge is 0.109 e. The Bertz CT molecular complexity index is 197. The Kier molecular flexibility index (Phi) is 2.86. The number of rotatable bonds is 2. The van der Waals surface area contributed by atoms with Crippen molar-refractivity contribution in [2.75, 3.05) is 19.8 Å². The van der Waals surface area contributed by atoms with Crippen LogP contribution >= 0.6 is 0 Å². The number of allylic oxidation sites excluding steroid dienone is 1.